The number of likely N-dealkylation sites (tertiary alicyclic amines) is 1. The Morgan fingerprint density at radius 3 is 2.36 bits per heavy atom. The highest BCUT2D eigenvalue weighted by Crippen LogP contribution is 2.19. The van der Waals surface area contributed by atoms with Crippen LogP contribution in [0.3, 0.4) is 0 Å². The number of rotatable bonds is 9. The van der Waals surface area contributed by atoms with E-state index in [1.807, 2.05) is 0 Å². The van der Waals surface area contributed by atoms with Gasteiger partial charge in [-0.3, -0.25) is 24.1 Å². The Kier molecular flexibility index (Phi) is 7.91. The van der Waals surface area contributed by atoms with Gasteiger partial charge in [-0.15, -0.1) is 5.06 Å². The monoisotopic (exact) mass is 405 g/mol. The molecule has 0 spiro atoms. The molecule has 2 heterocycles. The molecule has 0 aromatic rings. The van der Waals surface area contributed by atoms with Crippen molar-refractivity contribution in [3.05, 3.63) is 0 Å². The molecule has 0 bridgehead atoms. The molecule has 0 radical (unpaired) electrons. The summed E-state index contributed by atoms with van der Waals surface area (Å²) in [5, 5.41) is 5.80. The molecular weight excluding hydrogens is 377 g/mol. The third-order valence-corrected chi connectivity index (χ3v) is 4.76. The molecule has 0 aromatic carbocycles. The maximum absolute atomic E-state index is 12.3. The van der Waals surface area contributed by atoms with Gasteiger partial charge in [-0.25, -0.2) is 4.79 Å². The van der Waals surface area contributed by atoms with E-state index in [0.717, 1.165) is 19.4 Å². The summed E-state index contributed by atoms with van der Waals surface area (Å²) in [6.07, 6.45) is 1.80. The van der Waals surface area contributed by atoms with Crippen molar-refractivity contribution in [1.29, 1.82) is 0 Å². The molecule has 10 heteroatoms. The zero-order chi connectivity index (χ0) is 20.7. The van der Waals surface area contributed by atoms with Crippen LogP contribution < -0.4 is 10.6 Å². The maximum Gasteiger partial charge on any atom is 0.334 e. The van der Waals surface area contributed by atoms with Crippen molar-refractivity contribution < 1.29 is 28.8 Å². The molecule has 2 aliphatic rings. The van der Waals surface area contributed by atoms with Crippen LogP contribution in [0, 0.1) is 0 Å². The Morgan fingerprint density at radius 1 is 1.07 bits per heavy atom. The smallest absolute Gasteiger partial charge is 0.334 e. The molecule has 1 atom stereocenters. The lowest BCUT2D eigenvalue weighted by Crippen LogP contribution is -2.46. The highest BCUT2D eigenvalue weighted by atomic mass is 16.8. The predicted molar refractivity (Wildman–Crippen MR) is 97.3 cm³/mol. The first kappa shape index (κ1) is 21.8. The van der Waals surface area contributed by atoms with Gasteiger partial charge in [-0.05, 0) is 33.2 Å². The summed E-state index contributed by atoms with van der Waals surface area (Å²) in [6.45, 7) is 5.25. The normalized spacial score (nSPS) is 20.0. The first-order valence-corrected chi connectivity index (χ1v) is 9.66. The third-order valence-electron chi connectivity index (χ3n) is 4.76. The Balaban J connectivity index is 1.58. The van der Waals surface area contributed by atoms with Gasteiger partial charge in [-0.2, -0.15) is 0 Å². The summed E-state index contributed by atoms with van der Waals surface area (Å²) in [7, 11) is 0. The highest BCUT2D eigenvalue weighted by Gasteiger charge is 2.33. The number of nitrogens with zero attached hydrogens (tertiary/aromatic N) is 2. The van der Waals surface area contributed by atoms with E-state index in [9.17, 15) is 24.0 Å². The first-order chi connectivity index (χ1) is 13.3. The van der Waals surface area contributed by atoms with E-state index in [1.165, 1.54) is 0 Å². The van der Waals surface area contributed by atoms with Crippen molar-refractivity contribution in [3.8, 4) is 0 Å². The maximum atomic E-state index is 12.3. The largest absolute Gasteiger partial charge is 0.355 e. The van der Waals surface area contributed by atoms with Crippen LogP contribution in [0.25, 0.3) is 0 Å². The second-order valence-electron chi connectivity index (χ2n) is 7.18. The van der Waals surface area contributed by atoms with E-state index in [-0.39, 0.29) is 56.6 Å². The Labute approximate surface area is 163 Å². The van der Waals surface area contributed by atoms with Crippen molar-refractivity contribution in [2.45, 2.75) is 64.5 Å². The fraction of sp³-hybridized carbons (Fsp3) is 0.722. The molecule has 10 nitrogen and oxygen atoms in total. The predicted octanol–water partition coefficient (Wildman–Crippen LogP) is -0.521. The number of hydrogen-bond acceptors (Lipinski definition) is 7. The van der Waals surface area contributed by atoms with E-state index in [2.05, 4.69) is 29.4 Å². The number of carbonyl (C=O) groups is 5. The highest BCUT2D eigenvalue weighted by molar-refractivity contribution is 6.01. The summed E-state index contributed by atoms with van der Waals surface area (Å²) in [5.41, 5.74) is 0. The molecule has 28 heavy (non-hydrogen) atoms. The summed E-state index contributed by atoms with van der Waals surface area (Å²) >= 11 is 0. The zero-order valence-corrected chi connectivity index (χ0v) is 16.4. The molecule has 1 unspecified atom stereocenters. The molecule has 2 aliphatic heterocycles. The van der Waals surface area contributed by atoms with E-state index < -0.39 is 17.8 Å². The molecule has 2 fully saturated rings. The van der Waals surface area contributed by atoms with Crippen molar-refractivity contribution >= 4 is 29.6 Å². The van der Waals surface area contributed by atoms with Gasteiger partial charge < -0.3 is 15.5 Å². The lowest BCUT2D eigenvalue weighted by Gasteiger charge is -2.27. The van der Waals surface area contributed by atoms with Gasteiger partial charge in [0, 0.05) is 38.4 Å². The third kappa shape index (κ3) is 6.01. The van der Waals surface area contributed by atoms with Crippen LogP contribution >= 0.6 is 0 Å². The number of imide groups is 1. The number of hydrogen-bond donors (Lipinski definition) is 2. The molecule has 2 saturated heterocycles. The Bertz CT molecular complexity index is 620. The van der Waals surface area contributed by atoms with Gasteiger partial charge in [0.25, 0.3) is 11.8 Å². The van der Waals surface area contributed by atoms with Crippen LogP contribution in [-0.2, 0) is 28.8 Å². The van der Waals surface area contributed by atoms with Gasteiger partial charge in [0.15, 0.2) is 0 Å². The Hall–Kier alpha value is -2.49. The van der Waals surface area contributed by atoms with Crippen LogP contribution in [0.5, 0.6) is 0 Å². The molecule has 2 rings (SSSR count). The Morgan fingerprint density at radius 2 is 1.71 bits per heavy atom. The zero-order valence-electron chi connectivity index (χ0n) is 16.4. The minimum absolute atomic E-state index is 0.0194. The van der Waals surface area contributed by atoms with Crippen LogP contribution in [0.1, 0.15) is 52.4 Å². The molecule has 0 aromatic heterocycles. The van der Waals surface area contributed by atoms with Crippen LogP contribution in [0.15, 0.2) is 0 Å². The average Bonchev–Trinajstić information content (AvgIpc) is 3.24. The fourth-order valence-corrected chi connectivity index (χ4v) is 3.30. The topological polar surface area (TPSA) is 125 Å². The van der Waals surface area contributed by atoms with Gasteiger partial charge in [0.05, 0.1) is 12.5 Å². The number of hydroxylamine groups is 2. The molecule has 2 N–H and O–H groups in total. The second kappa shape index (κ2) is 10.2. The molecular formula is C18H28N4O6. The summed E-state index contributed by atoms with van der Waals surface area (Å²) in [5.74, 6) is -2.24. The quantitative estimate of drug-likeness (QED) is 0.300. The van der Waals surface area contributed by atoms with Gasteiger partial charge in [-0.1, -0.05) is 0 Å². The number of nitrogens with one attached hydrogen (secondary N) is 2. The standard InChI is InChI=1S/C18H28N4O6/c1-12(2)21-11-3-4-13(21)18(27)20-9-7-14(23)19-10-8-17(26)28-22-15(24)5-6-16(22)25/h12-13H,3-11H2,1-2H3,(H,19,23)(H,20,27)/i3+1,4+1,11+1,12+1,13+1,14+1,17+1,20+1,21+1. The molecule has 4 amide bonds. The molecule has 156 valence electrons. The average molecular weight is 405 g/mol. The minimum Gasteiger partial charge on any atom is -0.355 e. The summed E-state index contributed by atoms with van der Waals surface area (Å²) in [6, 6.07) is 0.154. The van der Waals surface area contributed by atoms with Crippen LogP contribution in [0.4, 0.5) is 0 Å². The van der Waals surface area contributed by atoms with Crippen molar-refractivity contribution in [2.75, 3.05) is 19.6 Å². The van der Waals surface area contributed by atoms with Crippen molar-refractivity contribution in [1.82, 2.24) is 20.6 Å². The van der Waals surface area contributed by atoms with Crippen LogP contribution in [-0.4, -0.2) is 71.3 Å². The minimum atomic E-state index is -0.771. The number of carbonyl (C=O) groups excluding carboxylic acids is 5. The second-order valence-corrected chi connectivity index (χ2v) is 7.18. The molecule has 0 saturated carbocycles. The van der Waals surface area contributed by atoms with Crippen molar-refractivity contribution in [3.63, 3.8) is 0 Å². The lowest BCUT2D eigenvalue weighted by molar-refractivity contribution is -0.197. The lowest BCUT2D eigenvalue weighted by atomic mass is 10.4. The SMILES string of the molecule is C[13CH](C)[15N]1[13CH2][13CH2][13CH2][13CH]1C(=O)[15NH]CC[13C](=O)NCC[13C](=O)ON1C(=O)CCC1=O. The summed E-state index contributed by atoms with van der Waals surface area (Å²) in [4.78, 5) is 65.2. The molecule has 0 aliphatic carbocycles. The van der Waals surface area contributed by atoms with E-state index in [4.69, 9.17) is 4.84 Å². The van der Waals surface area contributed by atoms with E-state index in [0.29, 0.717) is 11.1 Å². The fourth-order valence-electron chi connectivity index (χ4n) is 3.30. The summed E-state index contributed by atoms with van der Waals surface area (Å²) < 4.78 is 0. The van der Waals surface area contributed by atoms with Crippen molar-refractivity contribution in [2.24, 2.45) is 0 Å². The first-order valence-electron chi connectivity index (χ1n) is 9.66. The number of amides is 4. The van der Waals surface area contributed by atoms with Gasteiger partial charge in [0.1, 0.15) is 0 Å². The van der Waals surface area contributed by atoms with Gasteiger partial charge in [0.2, 0.25) is 11.8 Å². The van der Waals surface area contributed by atoms with Gasteiger partial charge >= 0.3 is 5.97 Å². The van der Waals surface area contributed by atoms with E-state index in [1.54, 1.807) is 0 Å². The van der Waals surface area contributed by atoms with E-state index >= 15 is 0 Å². The van der Waals surface area contributed by atoms with Crippen LogP contribution in [0.2, 0.25) is 0 Å².